The van der Waals surface area contributed by atoms with E-state index in [1.165, 1.54) is 5.01 Å². The van der Waals surface area contributed by atoms with Gasteiger partial charge in [0.05, 0.1) is 28.5 Å². The Hall–Kier alpha value is -1.43. The van der Waals surface area contributed by atoms with Crippen LogP contribution in [-0.2, 0) is 9.84 Å². The maximum absolute atomic E-state index is 11.3. The summed E-state index contributed by atoms with van der Waals surface area (Å²) in [7, 11) is -3.00. The highest BCUT2D eigenvalue weighted by molar-refractivity contribution is 7.91. The molecule has 86 valence electrons. The Kier molecular flexibility index (Phi) is 2.91. The molecule has 1 aromatic carbocycles. The zero-order chi connectivity index (χ0) is 11.6. The average molecular weight is 240 g/mol. The first kappa shape index (κ1) is 11.1. The van der Waals surface area contributed by atoms with Crippen LogP contribution in [0.25, 0.3) is 0 Å². The van der Waals surface area contributed by atoms with Gasteiger partial charge in [0.15, 0.2) is 9.84 Å². The van der Waals surface area contributed by atoms with Gasteiger partial charge in [0, 0.05) is 0 Å². The second-order valence-corrected chi connectivity index (χ2v) is 6.05. The molecule has 0 unspecified atom stereocenters. The molecular weight excluding hydrogens is 228 g/mol. The van der Waals surface area contributed by atoms with Gasteiger partial charge in [-0.25, -0.2) is 13.4 Å². The first-order chi connectivity index (χ1) is 7.62. The van der Waals surface area contributed by atoms with Crippen LogP contribution in [0.4, 0.5) is 5.69 Å². The van der Waals surface area contributed by atoms with E-state index in [9.17, 15) is 13.3 Å². The minimum absolute atomic E-state index is 0.00757. The third kappa shape index (κ3) is 2.21. The molecule has 6 heteroatoms. The van der Waals surface area contributed by atoms with Crippen molar-refractivity contribution in [3.05, 3.63) is 35.2 Å². The Labute approximate surface area is 93.9 Å². The van der Waals surface area contributed by atoms with Crippen LogP contribution in [0.5, 0.6) is 0 Å². The summed E-state index contributed by atoms with van der Waals surface area (Å²) >= 11 is 0. The average Bonchev–Trinajstić information content (AvgIpc) is 2.62. The van der Waals surface area contributed by atoms with Crippen molar-refractivity contribution in [3.8, 4) is 0 Å². The zero-order valence-corrected chi connectivity index (χ0v) is 9.43. The monoisotopic (exact) mass is 240 g/mol. The van der Waals surface area contributed by atoms with Crippen molar-refractivity contribution in [2.45, 2.75) is 12.5 Å². The standard InChI is InChI=1S/C10H12N2O3S/c13-11-12(9-4-2-1-3-5-9)10-6-7-16(14,15)8-10/h1-5,10H,6-8H2/t10-/m1/s1. The smallest absolute Gasteiger partial charge is 0.152 e. The van der Waals surface area contributed by atoms with Gasteiger partial charge >= 0.3 is 0 Å². The third-order valence-corrected chi connectivity index (χ3v) is 4.41. The number of para-hydroxylation sites is 1. The summed E-state index contributed by atoms with van der Waals surface area (Å²) in [6, 6.07) is 8.56. The van der Waals surface area contributed by atoms with Crippen molar-refractivity contribution in [1.82, 2.24) is 0 Å². The highest BCUT2D eigenvalue weighted by Gasteiger charge is 2.33. The number of nitroso groups, excluding NO2 is 1. The van der Waals surface area contributed by atoms with E-state index in [0.717, 1.165) is 0 Å². The van der Waals surface area contributed by atoms with E-state index in [4.69, 9.17) is 0 Å². The number of sulfone groups is 1. The highest BCUT2D eigenvalue weighted by atomic mass is 32.2. The molecule has 0 aromatic heterocycles. The van der Waals surface area contributed by atoms with E-state index in [0.29, 0.717) is 12.1 Å². The van der Waals surface area contributed by atoms with Crippen molar-refractivity contribution in [1.29, 1.82) is 0 Å². The maximum atomic E-state index is 11.3. The molecule has 0 saturated carbocycles. The lowest BCUT2D eigenvalue weighted by Crippen LogP contribution is -2.31. The Morgan fingerprint density at radius 3 is 2.44 bits per heavy atom. The van der Waals surface area contributed by atoms with Gasteiger partial charge in [0.1, 0.15) is 0 Å². The zero-order valence-electron chi connectivity index (χ0n) is 8.61. The molecule has 0 radical (unpaired) electrons. The Morgan fingerprint density at radius 1 is 1.25 bits per heavy atom. The Bertz CT molecular complexity index is 472. The van der Waals surface area contributed by atoms with Gasteiger partial charge in [-0.15, -0.1) is 4.91 Å². The van der Waals surface area contributed by atoms with Gasteiger partial charge in [-0.1, -0.05) is 18.2 Å². The number of rotatable bonds is 3. The van der Waals surface area contributed by atoms with Crippen molar-refractivity contribution in [2.24, 2.45) is 5.29 Å². The van der Waals surface area contributed by atoms with Gasteiger partial charge in [-0.3, -0.25) is 0 Å². The summed E-state index contributed by atoms with van der Waals surface area (Å²) in [6.45, 7) is 0. The lowest BCUT2D eigenvalue weighted by atomic mass is 10.2. The number of anilines is 1. The molecule has 1 aliphatic heterocycles. The lowest BCUT2D eigenvalue weighted by Gasteiger charge is -2.20. The summed E-state index contributed by atoms with van der Waals surface area (Å²) in [5.41, 5.74) is 0.639. The third-order valence-electron chi connectivity index (χ3n) is 2.66. The van der Waals surface area contributed by atoms with Crippen LogP contribution < -0.4 is 5.01 Å². The summed E-state index contributed by atoms with van der Waals surface area (Å²) in [4.78, 5) is 10.8. The molecule has 1 atom stereocenters. The van der Waals surface area contributed by atoms with Crippen molar-refractivity contribution in [3.63, 3.8) is 0 Å². The number of nitrogens with zero attached hydrogens (tertiary/aromatic N) is 2. The minimum Gasteiger partial charge on any atom is -0.229 e. The first-order valence-corrected chi connectivity index (χ1v) is 6.82. The number of hydrogen-bond acceptors (Lipinski definition) is 4. The van der Waals surface area contributed by atoms with Crippen molar-refractivity contribution < 1.29 is 8.42 Å². The van der Waals surface area contributed by atoms with Crippen LogP contribution in [-0.4, -0.2) is 26.0 Å². The Balaban J connectivity index is 2.22. The van der Waals surface area contributed by atoms with Crippen LogP contribution in [0.2, 0.25) is 0 Å². The molecule has 0 bridgehead atoms. The molecule has 0 spiro atoms. The molecule has 1 heterocycles. The van der Waals surface area contributed by atoms with E-state index in [1.54, 1.807) is 24.3 Å². The van der Waals surface area contributed by atoms with Gasteiger partial charge in [-0.05, 0) is 18.6 Å². The fourth-order valence-corrected chi connectivity index (χ4v) is 3.57. The second-order valence-electron chi connectivity index (χ2n) is 3.82. The quantitative estimate of drug-likeness (QED) is 0.591. The summed E-state index contributed by atoms with van der Waals surface area (Å²) < 4.78 is 22.6. The van der Waals surface area contributed by atoms with E-state index in [2.05, 4.69) is 5.29 Å². The molecule has 1 fully saturated rings. The molecule has 1 aromatic rings. The molecule has 0 amide bonds. The molecule has 0 aliphatic carbocycles. The van der Waals surface area contributed by atoms with Crippen LogP contribution in [0.1, 0.15) is 6.42 Å². The summed E-state index contributed by atoms with van der Waals surface area (Å²) in [5.74, 6) is 0.143. The topological polar surface area (TPSA) is 66.8 Å². The lowest BCUT2D eigenvalue weighted by molar-refractivity contribution is 0.600. The highest BCUT2D eigenvalue weighted by Crippen LogP contribution is 2.24. The number of benzene rings is 1. The maximum Gasteiger partial charge on any atom is 0.152 e. The van der Waals surface area contributed by atoms with E-state index in [-0.39, 0.29) is 17.5 Å². The Morgan fingerprint density at radius 2 is 1.94 bits per heavy atom. The van der Waals surface area contributed by atoms with Crippen molar-refractivity contribution in [2.75, 3.05) is 16.5 Å². The van der Waals surface area contributed by atoms with Crippen LogP contribution >= 0.6 is 0 Å². The molecule has 1 aliphatic rings. The van der Waals surface area contributed by atoms with Gasteiger partial charge in [0.25, 0.3) is 0 Å². The molecule has 1 saturated heterocycles. The number of hydrogen-bond donors (Lipinski definition) is 0. The van der Waals surface area contributed by atoms with E-state index >= 15 is 0 Å². The van der Waals surface area contributed by atoms with Gasteiger partial charge in [-0.2, -0.15) is 0 Å². The summed E-state index contributed by atoms with van der Waals surface area (Å²) in [6.07, 6.45) is 0.461. The largest absolute Gasteiger partial charge is 0.229 e. The second kappa shape index (κ2) is 4.21. The molecular formula is C10H12N2O3S. The molecule has 0 N–H and O–H groups in total. The molecule has 16 heavy (non-hydrogen) atoms. The normalized spacial score (nSPS) is 22.9. The van der Waals surface area contributed by atoms with E-state index in [1.807, 2.05) is 6.07 Å². The summed E-state index contributed by atoms with van der Waals surface area (Å²) in [5, 5.41) is 4.18. The van der Waals surface area contributed by atoms with Crippen LogP contribution in [0.15, 0.2) is 35.6 Å². The fourth-order valence-electron chi connectivity index (χ4n) is 1.87. The van der Waals surface area contributed by atoms with E-state index < -0.39 is 9.84 Å². The predicted molar refractivity (Wildman–Crippen MR) is 61.8 cm³/mol. The fraction of sp³-hybridized carbons (Fsp3) is 0.400. The molecule has 5 nitrogen and oxygen atoms in total. The minimum atomic E-state index is -3.00. The SMILES string of the molecule is O=NN(c1ccccc1)[C@@H]1CCS(=O)(=O)C1. The first-order valence-electron chi connectivity index (χ1n) is 5.00. The van der Waals surface area contributed by atoms with Crippen LogP contribution in [0.3, 0.4) is 0 Å². The van der Waals surface area contributed by atoms with Gasteiger partial charge < -0.3 is 0 Å². The predicted octanol–water partition coefficient (Wildman–Crippen LogP) is 1.36. The van der Waals surface area contributed by atoms with Crippen LogP contribution in [0, 0.1) is 4.91 Å². The molecule has 2 rings (SSSR count). The van der Waals surface area contributed by atoms with Gasteiger partial charge in [0.2, 0.25) is 0 Å². The van der Waals surface area contributed by atoms with Crippen molar-refractivity contribution >= 4 is 15.5 Å².